The molecule has 1 heterocycles. The Bertz CT molecular complexity index is 853. The first kappa shape index (κ1) is 25.4. The zero-order chi connectivity index (χ0) is 21.3. The van der Waals surface area contributed by atoms with Crippen LogP contribution in [-0.4, -0.2) is 57.9 Å². The van der Waals surface area contributed by atoms with E-state index in [1.807, 2.05) is 0 Å². The summed E-state index contributed by atoms with van der Waals surface area (Å²) in [6, 6.07) is 15.3. The average molecular weight is 538 g/mol. The molecule has 1 fully saturated rings. The molecule has 1 atom stereocenters. The monoisotopic (exact) mass is 538 g/mol. The summed E-state index contributed by atoms with van der Waals surface area (Å²) in [6.07, 6.45) is 0. The minimum absolute atomic E-state index is 0. The number of rotatable bonds is 7. The fourth-order valence-corrected chi connectivity index (χ4v) is 3.82. The molecule has 1 aliphatic heterocycles. The lowest BCUT2D eigenvalue weighted by Gasteiger charge is -2.35. The van der Waals surface area contributed by atoms with Crippen LogP contribution in [0.5, 0.6) is 5.75 Å². The van der Waals surface area contributed by atoms with Crippen LogP contribution in [0.2, 0.25) is 0 Å². The van der Waals surface area contributed by atoms with Gasteiger partial charge in [-0.05, 0) is 31.0 Å². The Morgan fingerprint density at radius 1 is 1.10 bits per heavy atom. The number of nitrogens with one attached hydrogen (secondary N) is 2. The summed E-state index contributed by atoms with van der Waals surface area (Å²) in [5.41, 5.74) is 4.89. The van der Waals surface area contributed by atoms with Crippen molar-refractivity contribution < 1.29 is 9.47 Å². The van der Waals surface area contributed by atoms with Gasteiger partial charge in [0.2, 0.25) is 0 Å². The molecule has 7 heteroatoms. The zero-order valence-electron chi connectivity index (χ0n) is 19.0. The number of aryl methyl sites for hydroxylation is 2. The molecule has 0 aromatic heterocycles. The van der Waals surface area contributed by atoms with Crippen LogP contribution in [0, 0.1) is 13.8 Å². The number of benzene rings is 2. The smallest absolute Gasteiger partial charge is 0.191 e. The second kappa shape index (κ2) is 12.9. The van der Waals surface area contributed by atoms with Crippen LogP contribution in [0.15, 0.2) is 47.5 Å². The van der Waals surface area contributed by atoms with Gasteiger partial charge in [0.25, 0.3) is 0 Å². The quantitative estimate of drug-likeness (QED) is 0.320. The summed E-state index contributed by atoms with van der Waals surface area (Å²) in [5.74, 6) is 1.67. The molecular formula is C24H35IN4O2. The Morgan fingerprint density at radius 2 is 1.84 bits per heavy atom. The minimum atomic E-state index is 0. The fourth-order valence-electron chi connectivity index (χ4n) is 3.82. The van der Waals surface area contributed by atoms with Gasteiger partial charge in [-0.3, -0.25) is 9.89 Å². The molecule has 0 amide bonds. The van der Waals surface area contributed by atoms with Crippen molar-refractivity contribution >= 4 is 29.9 Å². The van der Waals surface area contributed by atoms with E-state index in [0.29, 0.717) is 6.54 Å². The Hall–Kier alpha value is -1.84. The fraction of sp³-hybridized carbons (Fsp3) is 0.458. The van der Waals surface area contributed by atoms with Gasteiger partial charge in [0, 0.05) is 38.8 Å². The van der Waals surface area contributed by atoms with E-state index in [1.54, 1.807) is 14.2 Å². The first-order valence-corrected chi connectivity index (χ1v) is 10.6. The van der Waals surface area contributed by atoms with Crippen molar-refractivity contribution in [3.8, 4) is 5.75 Å². The molecule has 2 N–H and O–H groups in total. The Kier molecular flexibility index (Phi) is 10.6. The van der Waals surface area contributed by atoms with Gasteiger partial charge in [0.15, 0.2) is 5.96 Å². The molecular weight excluding hydrogens is 503 g/mol. The lowest BCUT2D eigenvalue weighted by Crippen LogP contribution is -2.46. The van der Waals surface area contributed by atoms with E-state index < -0.39 is 0 Å². The number of methoxy groups -OCH3 is 1. The maximum atomic E-state index is 5.56. The lowest BCUT2D eigenvalue weighted by atomic mass is 10.0. The number of hydrogen-bond donors (Lipinski definition) is 2. The van der Waals surface area contributed by atoms with Crippen molar-refractivity contribution in [1.29, 1.82) is 0 Å². The number of hydrogen-bond acceptors (Lipinski definition) is 4. The summed E-state index contributed by atoms with van der Waals surface area (Å²) in [4.78, 5) is 6.90. The highest BCUT2D eigenvalue weighted by Crippen LogP contribution is 2.22. The van der Waals surface area contributed by atoms with E-state index >= 15 is 0 Å². The molecule has 6 nitrogen and oxygen atoms in total. The van der Waals surface area contributed by atoms with Crippen molar-refractivity contribution in [3.63, 3.8) is 0 Å². The second-order valence-corrected chi connectivity index (χ2v) is 7.70. The van der Waals surface area contributed by atoms with Gasteiger partial charge in [-0.15, -0.1) is 24.0 Å². The first-order chi connectivity index (χ1) is 14.6. The molecule has 0 saturated carbocycles. The molecule has 1 unspecified atom stereocenters. The standard InChI is InChI=1S/C24H34N4O2.HI/c1-18-6-5-7-20(14-18)22(28-10-12-30-13-11-28)17-27-24(25-3)26-16-21-9-8-19(2)15-23(21)29-4;/h5-9,14-15,22H,10-13,16-17H2,1-4H3,(H2,25,26,27);1H. The highest BCUT2D eigenvalue weighted by Gasteiger charge is 2.23. The number of halogens is 1. The van der Waals surface area contributed by atoms with Gasteiger partial charge >= 0.3 is 0 Å². The Labute approximate surface area is 203 Å². The van der Waals surface area contributed by atoms with Gasteiger partial charge in [-0.1, -0.05) is 42.0 Å². The van der Waals surface area contributed by atoms with Gasteiger partial charge in [0.1, 0.15) is 5.75 Å². The topological polar surface area (TPSA) is 58.1 Å². The van der Waals surface area contributed by atoms with Crippen LogP contribution >= 0.6 is 24.0 Å². The van der Waals surface area contributed by atoms with Gasteiger partial charge in [-0.2, -0.15) is 0 Å². The number of aliphatic imine (C=N–C) groups is 1. The van der Waals surface area contributed by atoms with E-state index in [4.69, 9.17) is 9.47 Å². The molecule has 31 heavy (non-hydrogen) atoms. The van der Waals surface area contributed by atoms with Crippen LogP contribution in [0.25, 0.3) is 0 Å². The normalized spacial score (nSPS) is 15.7. The molecule has 170 valence electrons. The highest BCUT2D eigenvalue weighted by molar-refractivity contribution is 14.0. The molecule has 3 rings (SSSR count). The van der Waals surface area contributed by atoms with E-state index in [9.17, 15) is 0 Å². The summed E-state index contributed by atoms with van der Waals surface area (Å²) in [5, 5.41) is 6.94. The van der Waals surface area contributed by atoms with E-state index in [-0.39, 0.29) is 30.0 Å². The van der Waals surface area contributed by atoms with Crippen LogP contribution in [-0.2, 0) is 11.3 Å². The third-order valence-electron chi connectivity index (χ3n) is 5.49. The van der Waals surface area contributed by atoms with Crippen LogP contribution in [0.3, 0.4) is 0 Å². The maximum absolute atomic E-state index is 5.56. The van der Waals surface area contributed by atoms with E-state index in [0.717, 1.165) is 50.1 Å². The summed E-state index contributed by atoms with van der Waals surface area (Å²) in [6.45, 7) is 9.06. The predicted octanol–water partition coefficient (Wildman–Crippen LogP) is 3.67. The summed E-state index contributed by atoms with van der Waals surface area (Å²) in [7, 11) is 3.51. The Balaban J connectivity index is 0.00000341. The summed E-state index contributed by atoms with van der Waals surface area (Å²) < 4.78 is 11.1. The molecule has 0 radical (unpaired) electrons. The van der Waals surface area contributed by atoms with Crippen molar-refractivity contribution in [2.24, 2.45) is 4.99 Å². The molecule has 0 bridgehead atoms. The van der Waals surface area contributed by atoms with Crippen molar-refractivity contribution in [1.82, 2.24) is 15.5 Å². The van der Waals surface area contributed by atoms with E-state index in [2.05, 4.69) is 76.8 Å². The molecule has 2 aromatic rings. The third-order valence-corrected chi connectivity index (χ3v) is 5.49. The van der Waals surface area contributed by atoms with Crippen LogP contribution in [0.1, 0.15) is 28.3 Å². The summed E-state index contributed by atoms with van der Waals surface area (Å²) >= 11 is 0. The number of ether oxygens (including phenoxy) is 2. The largest absolute Gasteiger partial charge is 0.496 e. The molecule has 1 aliphatic rings. The maximum Gasteiger partial charge on any atom is 0.191 e. The van der Waals surface area contributed by atoms with Gasteiger partial charge in [0.05, 0.1) is 26.4 Å². The van der Waals surface area contributed by atoms with Gasteiger partial charge in [-0.25, -0.2) is 0 Å². The van der Waals surface area contributed by atoms with Crippen molar-refractivity contribution in [3.05, 3.63) is 64.7 Å². The molecule has 1 saturated heterocycles. The van der Waals surface area contributed by atoms with Crippen LogP contribution < -0.4 is 15.4 Å². The zero-order valence-corrected chi connectivity index (χ0v) is 21.3. The molecule has 2 aromatic carbocycles. The molecule has 0 spiro atoms. The van der Waals surface area contributed by atoms with Crippen molar-refractivity contribution in [2.75, 3.05) is 47.0 Å². The number of guanidine groups is 1. The predicted molar refractivity (Wildman–Crippen MR) is 138 cm³/mol. The van der Waals surface area contributed by atoms with Crippen LogP contribution in [0.4, 0.5) is 0 Å². The average Bonchev–Trinajstić information content (AvgIpc) is 2.77. The minimum Gasteiger partial charge on any atom is -0.496 e. The first-order valence-electron chi connectivity index (χ1n) is 10.6. The van der Waals surface area contributed by atoms with E-state index in [1.165, 1.54) is 16.7 Å². The van der Waals surface area contributed by atoms with Crippen molar-refractivity contribution in [2.45, 2.75) is 26.4 Å². The number of nitrogens with zero attached hydrogens (tertiary/aromatic N) is 2. The number of morpholine rings is 1. The Morgan fingerprint density at radius 3 is 2.52 bits per heavy atom. The molecule has 0 aliphatic carbocycles. The lowest BCUT2D eigenvalue weighted by molar-refractivity contribution is 0.0170. The highest BCUT2D eigenvalue weighted by atomic mass is 127. The third kappa shape index (κ3) is 7.36. The SMILES string of the molecule is CN=C(NCc1ccc(C)cc1OC)NCC(c1cccc(C)c1)N1CCOCC1.I. The second-order valence-electron chi connectivity index (χ2n) is 7.70. The van der Waals surface area contributed by atoms with Gasteiger partial charge < -0.3 is 20.1 Å².